The lowest BCUT2D eigenvalue weighted by molar-refractivity contribution is -0.153. The SMILES string of the molecule is CCCCN1C(=O)[C@@H]2[C@@H](C1=O)N1[C@H](c3ccccc3)[C@@H]3C(=O)N(CCCC)C(=O)[C@@H]3N1[C@@H]2c1ccccc1. The van der Waals surface area contributed by atoms with E-state index in [4.69, 9.17) is 0 Å². The molecule has 198 valence electrons. The molecule has 0 aliphatic carbocycles. The van der Waals surface area contributed by atoms with Crippen LogP contribution in [-0.2, 0) is 19.2 Å². The minimum atomic E-state index is -0.745. The second kappa shape index (κ2) is 9.75. The Hall–Kier alpha value is -3.36. The summed E-state index contributed by atoms with van der Waals surface area (Å²) in [6.45, 7) is 4.86. The smallest absolute Gasteiger partial charge is 0.248 e. The van der Waals surface area contributed by atoms with E-state index in [9.17, 15) is 19.2 Å². The Morgan fingerprint density at radius 3 is 1.24 bits per heavy atom. The van der Waals surface area contributed by atoms with Gasteiger partial charge in [0, 0.05) is 13.1 Å². The van der Waals surface area contributed by atoms with E-state index in [0.29, 0.717) is 13.1 Å². The molecule has 4 aliphatic rings. The summed E-state index contributed by atoms with van der Waals surface area (Å²) in [5.41, 5.74) is 1.76. The standard InChI is InChI=1S/C30H34N4O4/c1-3-5-17-31-27(35)21-23(19-13-9-7-10-14-19)34-26-22(28(36)32(30(26)38)18-6-4-2)24(20-15-11-8-12-16-20)33(34)25(21)29(31)37/h7-16,21-26H,3-6,17-18H2,1-2H3/t21-,22-,23+,24+,25-,26+/m0/s1. The van der Waals surface area contributed by atoms with Gasteiger partial charge in [-0.2, -0.15) is 0 Å². The molecule has 4 heterocycles. The first kappa shape index (κ1) is 24.9. The number of nitrogens with zero attached hydrogens (tertiary/aromatic N) is 4. The van der Waals surface area contributed by atoms with Gasteiger partial charge in [-0.15, -0.1) is 0 Å². The van der Waals surface area contributed by atoms with Gasteiger partial charge in [0.05, 0.1) is 23.9 Å². The molecule has 38 heavy (non-hydrogen) atoms. The van der Waals surface area contributed by atoms with Crippen LogP contribution in [0.3, 0.4) is 0 Å². The highest BCUT2D eigenvalue weighted by Crippen LogP contribution is 2.59. The van der Waals surface area contributed by atoms with E-state index in [2.05, 4.69) is 0 Å². The van der Waals surface area contributed by atoms with Crippen molar-refractivity contribution in [1.82, 2.24) is 19.8 Å². The van der Waals surface area contributed by atoms with Crippen LogP contribution in [0.25, 0.3) is 0 Å². The Labute approximate surface area is 223 Å². The van der Waals surface area contributed by atoms with Crippen molar-refractivity contribution in [3.63, 3.8) is 0 Å². The molecule has 0 bridgehead atoms. The first-order valence-electron chi connectivity index (χ1n) is 13.9. The zero-order valence-corrected chi connectivity index (χ0v) is 21.9. The van der Waals surface area contributed by atoms with Crippen LogP contribution in [0.1, 0.15) is 62.7 Å². The molecular weight excluding hydrogens is 480 g/mol. The van der Waals surface area contributed by atoms with Crippen molar-refractivity contribution < 1.29 is 19.2 Å². The molecule has 4 amide bonds. The quantitative estimate of drug-likeness (QED) is 0.503. The fourth-order valence-corrected chi connectivity index (χ4v) is 6.99. The first-order valence-corrected chi connectivity index (χ1v) is 13.9. The summed E-state index contributed by atoms with van der Waals surface area (Å²) in [7, 11) is 0. The lowest BCUT2D eigenvalue weighted by Gasteiger charge is -2.35. The number of fused-ring (bicyclic) bond motifs is 5. The third kappa shape index (κ3) is 3.50. The molecule has 2 aromatic carbocycles. The van der Waals surface area contributed by atoms with Gasteiger partial charge in [-0.1, -0.05) is 87.4 Å². The molecule has 0 radical (unpaired) electrons. The Bertz CT molecular complexity index is 1150. The highest BCUT2D eigenvalue weighted by atomic mass is 16.2. The van der Waals surface area contributed by atoms with Gasteiger partial charge >= 0.3 is 0 Å². The maximum Gasteiger partial charge on any atom is 0.248 e. The molecule has 0 unspecified atom stereocenters. The van der Waals surface area contributed by atoms with Crippen LogP contribution in [0.2, 0.25) is 0 Å². The van der Waals surface area contributed by atoms with E-state index >= 15 is 0 Å². The molecule has 8 nitrogen and oxygen atoms in total. The maximum absolute atomic E-state index is 13.9. The van der Waals surface area contributed by atoms with Crippen LogP contribution >= 0.6 is 0 Å². The molecule has 0 saturated carbocycles. The molecular formula is C30H34N4O4. The van der Waals surface area contributed by atoms with E-state index in [0.717, 1.165) is 36.8 Å². The summed E-state index contributed by atoms with van der Waals surface area (Å²) in [4.78, 5) is 58.5. The number of hydrogen-bond donors (Lipinski definition) is 0. The highest BCUT2D eigenvalue weighted by Gasteiger charge is 2.73. The van der Waals surface area contributed by atoms with E-state index in [-0.39, 0.29) is 23.6 Å². The molecule has 4 saturated heterocycles. The van der Waals surface area contributed by atoms with Crippen LogP contribution < -0.4 is 0 Å². The second-order valence-corrected chi connectivity index (χ2v) is 10.8. The molecule has 0 spiro atoms. The number of likely N-dealkylation sites (tertiary alicyclic amines) is 2. The molecule has 0 aromatic heterocycles. The van der Waals surface area contributed by atoms with E-state index in [1.165, 1.54) is 9.80 Å². The minimum Gasteiger partial charge on any atom is -0.281 e. The molecule has 8 heteroatoms. The minimum absolute atomic E-state index is 0.181. The van der Waals surface area contributed by atoms with Crippen molar-refractivity contribution in [1.29, 1.82) is 0 Å². The van der Waals surface area contributed by atoms with Crippen LogP contribution in [0.15, 0.2) is 60.7 Å². The fourth-order valence-electron chi connectivity index (χ4n) is 6.99. The maximum atomic E-state index is 13.9. The summed E-state index contributed by atoms with van der Waals surface area (Å²) in [6.07, 6.45) is 3.23. The van der Waals surface area contributed by atoms with Crippen molar-refractivity contribution in [3.05, 3.63) is 71.8 Å². The number of amides is 4. The van der Waals surface area contributed by atoms with Crippen molar-refractivity contribution in [2.24, 2.45) is 11.8 Å². The Balaban J connectivity index is 1.52. The topological polar surface area (TPSA) is 81.2 Å². The first-order chi connectivity index (χ1) is 18.5. The molecule has 0 N–H and O–H groups in total. The Kier molecular flexibility index (Phi) is 6.40. The van der Waals surface area contributed by atoms with Gasteiger partial charge in [-0.25, -0.2) is 10.0 Å². The highest BCUT2D eigenvalue weighted by molar-refractivity contribution is 6.10. The summed E-state index contributed by atoms with van der Waals surface area (Å²) in [5.74, 6) is -2.08. The van der Waals surface area contributed by atoms with E-state index < -0.39 is 36.0 Å². The fraction of sp³-hybridized carbons (Fsp3) is 0.467. The summed E-state index contributed by atoms with van der Waals surface area (Å²) in [6, 6.07) is 16.8. The van der Waals surface area contributed by atoms with Gasteiger partial charge in [0.1, 0.15) is 12.1 Å². The van der Waals surface area contributed by atoms with Gasteiger partial charge in [0.15, 0.2) is 0 Å². The predicted molar refractivity (Wildman–Crippen MR) is 140 cm³/mol. The summed E-state index contributed by atoms with van der Waals surface area (Å²) < 4.78 is 0. The number of imide groups is 2. The van der Waals surface area contributed by atoms with Crippen molar-refractivity contribution in [2.75, 3.05) is 13.1 Å². The number of hydrazine groups is 1. The zero-order valence-electron chi connectivity index (χ0n) is 21.9. The van der Waals surface area contributed by atoms with Crippen molar-refractivity contribution in [3.8, 4) is 0 Å². The third-order valence-corrected chi connectivity index (χ3v) is 8.66. The normalized spacial score (nSPS) is 30.9. The van der Waals surface area contributed by atoms with E-state index in [1.54, 1.807) is 0 Å². The number of carbonyl (C=O) groups excluding carboxylic acids is 4. The predicted octanol–water partition coefficient (Wildman–Crippen LogP) is 3.32. The van der Waals surface area contributed by atoms with E-state index in [1.807, 2.05) is 84.5 Å². The molecule has 2 aromatic rings. The van der Waals surface area contributed by atoms with Gasteiger partial charge in [-0.3, -0.25) is 29.0 Å². The second-order valence-electron chi connectivity index (χ2n) is 10.8. The van der Waals surface area contributed by atoms with Gasteiger partial charge < -0.3 is 0 Å². The number of carbonyl (C=O) groups is 4. The summed E-state index contributed by atoms with van der Waals surface area (Å²) in [5, 5.41) is 3.90. The lowest BCUT2D eigenvalue weighted by atomic mass is 9.84. The third-order valence-electron chi connectivity index (χ3n) is 8.66. The summed E-state index contributed by atoms with van der Waals surface area (Å²) >= 11 is 0. The molecule has 4 fully saturated rings. The largest absolute Gasteiger partial charge is 0.281 e. The monoisotopic (exact) mass is 514 g/mol. The van der Waals surface area contributed by atoms with Crippen LogP contribution in [0.5, 0.6) is 0 Å². The molecule has 4 aliphatic heterocycles. The Morgan fingerprint density at radius 1 is 0.526 bits per heavy atom. The molecule has 6 rings (SSSR count). The van der Waals surface area contributed by atoms with Crippen molar-refractivity contribution >= 4 is 23.6 Å². The van der Waals surface area contributed by atoms with Gasteiger partial charge in [0.2, 0.25) is 23.6 Å². The number of hydrogen-bond acceptors (Lipinski definition) is 6. The number of unbranched alkanes of at least 4 members (excludes halogenated alkanes) is 2. The average Bonchev–Trinajstić information content (AvgIpc) is 3.59. The number of benzene rings is 2. The zero-order chi connectivity index (χ0) is 26.6. The van der Waals surface area contributed by atoms with Crippen LogP contribution in [0, 0.1) is 11.8 Å². The van der Waals surface area contributed by atoms with Crippen LogP contribution in [0.4, 0.5) is 0 Å². The van der Waals surface area contributed by atoms with Gasteiger partial charge in [0.25, 0.3) is 0 Å². The lowest BCUT2D eigenvalue weighted by Crippen LogP contribution is -2.50. The van der Waals surface area contributed by atoms with Gasteiger partial charge in [-0.05, 0) is 24.0 Å². The van der Waals surface area contributed by atoms with Crippen LogP contribution in [-0.4, -0.2) is 68.6 Å². The number of rotatable bonds is 8. The Morgan fingerprint density at radius 2 is 0.895 bits per heavy atom. The average molecular weight is 515 g/mol. The van der Waals surface area contributed by atoms with Crippen molar-refractivity contribution in [2.45, 2.75) is 63.7 Å². The molecule has 6 atom stereocenters.